The second-order valence-corrected chi connectivity index (χ2v) is 5.49. The molecule has 2 nitrogen and oxygen atoms in total. The smallest absolute Gasteiger partial charge is 0.137 e. The van der Waals surface area contributed by atoms with Gasteiger partial charge in [0.25, 0.3) is 0 Å². The Hall–Kier alpha value is -1.32. The van der Waals surface area contributed by atoms with Crippen molar-refractivity contribution in [1.29, 1.82) is 0 Å². The van der Waals surface area contributed by atoms with Gasteiger partial charge in [-0.2, -0.15) is 0 Å². The van der Waals surface area contributed by atoms with Crippen LogP contribution in [-0.2, 0) is 0 Å². The van der Waals surface area contributed by atoms with Gasteiger partial charge in [-0.25, -0.2) is 0 Å². The zero-order chi connectivity index (χ0) is 13.8. The Morgan fingerprint density at radius 1 is 1.16 bits per heavy atom. The molecule has 3 heteroatoms. The Labute approximate surface area is 122 Å². The molecule has 0 aliphatic heterocycles. The Kier molecular flexibility index (Phi) is 4.61. The Balaban J connectivity index is 2.29. The summed E-state index contributed by atoms with van der Waals surface area (Å²) in [5, 5.41) is 0. The highest BCUT2D eigenvalue weighted by atomic mass is 79.9. The predicted molar refractivity (Wildman–Crippen MR) is 82.5 cm³/mol. The first-order chi connectivity index (χ1) is 9.11. The molecule has 19 heavy (non-hydrogen) atoms. The van der Waals surface area contributed by atoms with Gasteiger partial charge in [-0.1, -0.05) is 46.3 Å². The van der Waals surface area contributed by atoms with Crippen LogP contribution in [0.4, 0.5) is 0 Å². The number of aryl methyl sites for hydroxylation is 2. The normalized spacial score (nSPS) is 12.2. The summed E-state index contributed by atoms with van der Waals surface area (Å²) in [6, 6.07) is 14.2. The minimum absolute atomic E-state index is 0.143. The van der Waals surface area contributed by atoms with E-state index in [2.05, 4.69) is 41.1 Å². The fraction of sp³-hybridized carbons (Fsp3) is 0.250. The first-order valence-electron chi connectivity index (χ1n) is 6.30. The van der Waals surface area contributed by atoms with Crippen molar-refractivity contribution in [1.82, 2.24) is 0 Å². The van der Waals surface area contributed by atoms with Crippen molar-refractivity contribution >= 4 is 15.9 Å². The van der Waals surface area contributed by atoms with Crippen LogP contribution in [0.3, 0.4) is 0 Å². The lowest BCUT2D eigenvalue weighted by molar-refractivity contribution is 0.212. The molecule has 0 fully saturated rings. The van der Waals surface area contributed by atoms with Gasteiger partial charge in [0.2, 0.25) is 0 Å². The van der Waals surface area contributed by atoms with E-state index in [9.17, 15) is 0 Å². The molecule has 2 rings (SSSR count). The molecule has 0 spiro atoms. The summed E-state index contributed by atoms with van der Waals surface area (Å²) in [5.41, 5.74) is 9.24. The van der Waals surface area contributed by atoms with Crippen LogP contribution in [0.15, 0.2) is 46.9 Å². The molecule has 100 valence electrons. The highest BCUT2D eigenvalue weighted by molar-refractivity contribution is 9.10. The third kappa shape index (κ3) is 3.37. The van der Waals surface area contributed by atoms with E-state index in [1.165, 1.54) is 5.56 Å². The summed E-state index contributed by atoms with van der Waals surface area (Å²) >= 11 is 3.55. The lowest BCUT2D eigenvalue weighted by Gasteiger charge is -2.20. The first kappa shape index (κ1) is 14.1. The molecule has 0 aliphatic rings. The van der Waals surface area contributed by atoms with Gasteiger partial charge in [0.15, 0.2) is 0 Å². The summed E-state index contributed by atoms with van der Waals surface area (Å²) in [7, 11) is 0. The molecule has 0 bridgehead atoms. The van der Waals surface area contributed by atoms with Gasteiger partial charge in [0.1, 0.15) is 11.9 Å². The molecule has 0 saturated carbocycles. The van der Waals surface area contributed by atoms with Crippen LogP contribution < -0.4 is 10.5 Å². The van der Waals surface area contributed by atoms with Crippen molar-refractivity contribution in [3.05, 3.63) is 63.6 Å². The summed E-state index contributed by atoms with van der Waals surface area (Å²) in [6.07, 6.45) is -0.143. The minimum Gasteiger partial charge on any atom is -0.484 e. The molecule has 0 amide bonds. The third-order valence-corrected chi connectivity index (χ3v) is 3.80. The Morgan fingerprint density at radius 2 is 1.89 bits per heavy atom. The van der Waals surface area contributed by atoms with E-state index in [1.807, 2.05) is 31.2 Å². The van der Waals surface area contributed by atoms with Crippen molar-refractivity contribution in [2.75, 3.05) is 6.54 Å². The van der Waals surface area contributed by atoms with Gasteiger partial charge in [-0.05, 0) is 37.1 Å². The maximum absolute atomic E-state index is 6.09. The van der Waals surface area contributed by atoms with Crippen LogP contribution in [0.2, 0.25) is 0 Å². The number of hydrogen-bond acceptors (Lipinski definition) is 2. The van der Waals surface area contributed by atoms with Gasteiger partial charge < -0.3 is 10.5 Å². The number of benzene rings is 2. The molecule has 1 atom stereocenters. The highest BCUT2D eigenvalue weighted by Gasteiger charge is 2.15. The maximum atomic E-state index is 6.09. The lowest BCUT2D eigenvalue weighted by atomic mass is 10.1. The molecule has 0 aliphatic carbocycles. The summed E-state index contributed by atoms with van der Waals surface area (Å²) in [4.78, 5) is 0. The van der Waals surface area contributed by atoms with Crippen LogP contribution >= 0.6 is 15.9 Å². The molecule has 1 unspecified atom stereocenters. The van der Waals surface area contributed by atoms with E-state index in [0.29, 0.717) is 6.54 Å². The topological polar surface area (TPSA) is 35.2 Å². The van der Waals surface area contributed by atoms with Gasteiger partial charge in [0.05, 0.1) is 0 Å². The average molecular weight is 320 g/mol. The average Bonchev–Trinajstić information content (AvgIpc) is 2.41. The van der Waals surface area contributed by atoms with E-state index >= 15 is 0 Å². The van der Waals surface area contributed by atoms with Gasteiger partial charge in [-0.15, -0.1) is 0 Å². The van der Waals surface area contributed by atoms with E-state index < -0.39 is 0 Å². The van der Waals surface area contributed by atoms with E-state index in [0.717, 1.165) is 21.3 Å². The quantitative estimate of drug-likeness (QED) is 0.919. The molecule has 2 N–H and O–H groups in total. The maximum Gasteiger partial charge on any atom is 0.137 e. The van der Waals surface area contributed by atoms with Crippen molar-refractivity contribution in [2.24, 2.45) is 5.73 Å². The molecule has 0 heterocycles. The number of rotatable bonds is 4. The standard InChI is InChI=1S/C16H18BrNO/c1-11-7-8-12(2)15(9-11)19-16(10-18)13-5-3-4-6-14(13)17/h3-9,16H,10,18H2,1-2H3. The first-order valence-corrected chi connectivity index (χ1v) is 7.09. The SMILES string of the molecule is Cc1ccc(C)c(OC(CN)c2ccccc2Br)c1. The van der Waals surface area contributed by atoms with Crippen LogP contribution in [0, 0.1) is 13.8 Å². The predicted octanol–water partition coefficient (Wildman–Crippen LogP) is 4.14. The number of halogens is 1. The fourth-order valence-electron chi connectivity index (χ4n) is 1.96. The molecular formula is C16H18BrNO. The number of nitrogens with two attached hydrogens (primary N) is 1. The van der Waals surface area contributed by atoms with Crippen LogP contribution in [-0.4, -0.2) is 6.54 Å². The third-order valence-electron chi connectivity index (χ3n) is 3.08. The van der Waals surface area contributed by atoms with Gasteiger partial charge in [0, 0.05) is 16.6 Å². The van der Waals surface area contributed by atoms with Crippen LogP contribution in [0.5, 0.6) is 5.75 Å². The zero-order valence-electron chi connectivity index (χ0n) is 11.2. The van der Waals surface area contributed by atoms with Gasteiger partial charge >= 0.3 is 0 Å². The van der Waals surface area contributed by atoms with E-state index in [-0.39, 0.29) is 6.10 Å². The number of hydrogen-bond donors (Lipinski definition) is 1. The molecule has 2 aromatic rings. The van der Waals surface area contributed by atoms with E-state index in [1.54, 1.807) is 0 Å². The van der Waals surface area contributed by atoms with Gasteiger partial charge in [-0.3, -0.25) is 0 Å². The Morgan fingerprint density at radius 3 is 2.58 bits per heavy atom. The molecule has 0 aromatic heterocycles. The number of ether oxygens (including phenoxy) is 1. The summed E-state index contributed by atoms with van der Waals surface area (Å²) < 4.78 is 7.11. The van der Waals surface area contributed by atoms with Crippen LogP contribution in [0.1, 0.15) is 22.8 Å². The van der Waals surface area contributed by atoms with Crippen molar-refractivity contribution < 1.29 is 4.74 Å². The Bertz CT molecular complexity index is 568. The van der Waals surface area contributed by atoms with Crippen molar-refractivity contribution in [3.63, 3.8) is 0 Å². The second-order valence-electron chi connectivity index (χ2n) is 4.63. The monoisotopic (exact) mass is 319 g/mol. The fourth-order valence-corrected chi connectivity index (χ4v) is 2.50. The zero-order valence-corrected chi connectivity index (χ0v) is 12.8. The van der Waals surface area contributed by atoms with Crippen molar-refractivity contribution in [3.8, 4) is 5.75 Å². The molecule has 0 radical (unpaired) electrons. The largest absolute Gasteiger partial charge is 0.484 e. The second kappa shape index (κ2) is 6.22. The van der Waals surface area contributed by atoms with Crippen molar-refractivity contribution in [2.45, 2.75) is 20.0 Å². The van der Waals surface area contributed by atoms with E-state index in [4.69, 9.17) is 10.5 Å². The molecular weight excluding hydrogens is 302 g/mol. The summed E-state index contributed by atoms with van der Waals surface area (Å²) in [5.74, 6) is 0.895. The minimum atomic E-state index is -0.143. The highest BCUT2D eigenvalue weighted by Crippen LogP contribution is 2.29. The summed E-state index contributed by atoms with van der Waals surface area (Å²) in [6.45, 7) is 4.54. The molecule has 0 saturated heterocycles. The van der Waals surface area contributed by atoms with Crippen LogP contribution in [0.25, 0.3) is 0 Å². The lowest BCUT2D eigenvalue weighted by Crippen LogP contribution is -2.19. The molecule has 2 aromatic carbocycles.